The van der Waals surface area contributed by atoms with Crippen LogP contribution in [-0.4, -0.2) is 44.8 Å². The third-order valence-corrected chi connectivity index (χ3v) is 9.07. The van der Waals surface area contributed by atoms with Crippen LogP contribution in [0.2, 0.25) is 15.1 Å². The van der Waals surface area contributed by atoms with Crippen LogP contribution in [0.4, 0.5) is 5.69 Å². The molecule has 3 aromatic carbocycles. The molecule has 7 nitrogen and oxygen atoms in total. The van der Waals surface area contributed by atoms with Gasteiger partial charge in [0.15, 0.2) is 0 Å². The van der Waals surface area contributed by atoms with Gasteiger partial charge in [0.25, 0.3) is 10.0 Å². The Bertz CT molecular complexity index is 1460. The van der Waals surface area contributed by atoms with Gasteiger partial charge >= 0.3 is 0 Å². The molecule has 39 heavy (non-hydrogen) atoms. The first-order chi connectivity index (χ1) is 18.4. The van der Waals surface area contributed by atoms with Crippen molar-refractivity contribution in [1.29, 1.82) is 0 Å². The van der Waals surface area contributed by atoms with Gasteiger partial charge < -0.3 is 10.2 Å². The maximum absolute atomic E-state index is 14.0. The molecular formula is C28H30Cl3N3O4S. The zero-order valence-electron chi connectivity index (χ0n) is 22.0. The highest BCUT2D eigenvalue weighted by atomic mass is 35.5. The maximum atomic E-state index is 14.0. The summed E-state index contributed by atoms with van der Waals surface area (Å²) in [5.74, 6) is -0.957. The Hall–Kier alpha value is -2.78. The molecule has 0 fully saturated rings. The molecule has 3 rings (SSSR count). The molecule has 0 unspecified atom stereocenters. The number of likely N-dealkylation sites (N-methyl/N-ethyl adjacent to an activating group) is 1. The molecule has 0 aliphatic carbocycles. The number of halogens is 3. The number of nitrogens with zero attached hydrogens (tertiary/aromatic N) is 2. The van der Waals surface area contributed by atoms with E-state index < -0.39 is 28.5 Å². The Labute approximate surface area is 244 Å². The lowest BCUT2D eigenvalue weighted by Crippen LogP contribution is -2.51. The molecule has 0 aliphatic heterocycles. The van der Waals surface area contributed by atoms with Crippen molar-refractivity contribution in [3.8, 4) is 0 Å². The second-order valence-corrected chi connectivity index (χ2v) is 12.2. The molecule has 0 aromatic heterocycles. The maximum Gasteiger partial charge on any atom is 0.264 e. The Morgan fingerprint density at radius 1 is 0.897 bits per heavy atom. The van der Waals surface area contributed by atoms with E-state index in [1.807, 2.05) is 13.8 Å². The number of rotatable bonds is 10. The molecule has 0 saturated carbocycles. The average Bonchev–Trinajstić information content (AvgIpc) is 2.89. The van der Waals surface area contributed by atoms with Gasteiger partial charge in [0.05, 0.1) is 10.6 Å². The number of hydrogen-bond donors (Lipinski definition) is 1. The summed E-state index contributed by atoms with van der Waals surface area (Å²) in [7, 11) is -2.71. The van der Waals surface area contributed by atoms with Gasteiger partial charge in [-0.2, -0.15) is 0 Å². The van der Waals surface area contributed by atoms with Gasteiger partial charge in [-0.3, -0.25) is 13.9 Å². The van der Waals surface area contributed by atoms with Crippen molar-refractivity contribution in [2.24, 2.45) is 0 Å². The first-order valence-electron chi connectivity index (χ1n) is 12.2. The van der Waals surface area contributed by atoms with E-state index in [-0.39, 0.29) is 17.3 Å². The van der Waals surface area contributed by atoms with E-state index >= 15 is 0 Å². The lowest BCUT2D eigenvalue weighted by Gasteiger charge is -2.33. The van der Waals surface area contributed by atoms with E-state index in [9.17, 15) is 18.0 Å². The molecule has 0 bridgehead atoms. The average molecular weight is 611 g/mol. The molecule has 1 atom stereocenters. The van der Waals surface area contributed by atoms with E-state index in [1.165, 1.54) is 36.2 Å². The number of nitrogens with one attached hydrogen (secondary N) is 1. The fourth-order valence-electron chi connectivity index (χ4n) is 4.06. The summed E-state index contributed by atoms with van der Waals surface area (Å²) in [6.07, 6.45) is 0.296. The fraction of sp³-hybridized carbons (Fsp3) is 0.286. The quantitative estimate of drug-likeness (QED) is 0.305. The standard InChI is InChI=1S/C28H30Cl3N3O4S/c1-5-26(28(36)32-4)33(16-20-7-8-22(30)15-25(20)31)27(35)17-34(23-11-6-18(2)19(3)14-23)39(37,38)24-12-9-21(29)10-13-24/h6-15,26H,5,16-17H2,1-4H3,(H,32,36)/t26-/m0/s1. The van der Waals surface area contributed by atoms with Crippen molar-refractivity contribution in [1.82, 2.24) is 10.2 Å². The van der Waals surface area contributed by atoms with Crippen LogP contribution in [0.1, 0.15) is 30.0 Å². The summed E-state index contributed by atoms with van der Waals surface area (Å²) in [5, 5.41) is 3.72. The van der Waals surface area contributed by atoms with Gasteiger partial charge in [-0.25, -0.2) is 8.42 Å². The van der Waals surface area contributed by atoms with Crippen LogP contribution in [-0.2, 0) is 26.2 Å². The van der Waals surface area contributed by atoms with Gasteiger partial charge in [-0.05, 0) is 85.5 Å². The van der Waals surface area contributed by atoms with Crippen LogP contribution in [0.15, 0.2) is 65.6 Å². The van der Waals surface area contributed by atoms with Crippen molar-refractivity contribution in [3.05, 3.63) is 92.4 Å². The second-order valence-electron chi connectivity index (χ2n) is 9.03. The van der Waals surface area contributed by atoms with Gasteiger partial charge in [0.2, 0.25) is 11.8 Å². The number of sulfonamides is 1. The third kappa shape index (κ3) is 7.25. The number of carbonyl (C=O) groups is 2. The molecule has 2 amide bonds. The summed E-state index contributed by atoms with van der Waals surface area (Å²) < 4.78 is 28.8. The predicted octanol–water partition coefficient (Wildman–Crippen LogP) is 6.01. The molecule has 208 valence electrons. The van der Waals surface area contributed by atoms with E-state index in [0.29, 0.717) is 32.7 Å². The van der Waals surface area contributed by atoms with Crippen LogP contribution in [0.25, 0.3) is 0 Å². The van der Waals surface area contributed by atoms with Crippen LogP contribution in [0, 0.1) is 13.8 Å². The Morgan fingerprint density at radius 2 is 1.54 bits per heavy atom. The van der Waals surface area contributed by atoms with Crippen LogP contribution in [0.5, 0.6) is 0 Å². The largest absolute Gasteiger partial charge is 0.357 e. The van der Waals surface area contributed by atoms with E-state index in [1.54, 1.807) is 43.3 Å². The van der Waals surface area contributed by atoms with Crippen LogP contribution >= 0.6 is 34.8 Å². The van der Waals surface area contributed by atoms with E-state index in [4.69, 9.17) is 34.8 Å². The minimum Gasteiger partial charge on any atom is -0.357 e. The van der Waals surface area contributed by atoms with Crippen molar-refractivity contribution < 1.29 is 18.0 Å². The van der Waals surface area contributed by atoms with Crippen LogP contribution < -0.4 is 9.62 Å². The van der Waals surface area contributed by atoms with Crippen molar-refractivity contribution >= 4 is 62.3 Å². The lowest BCUT2D eigenvalue weighted by molar-refractivity contribution is -0.140. The zero-order chi connectivity index (χ0) is 28.9. The predicted molar refractivity (Wildman–Crippen MR) is 157 cm³/mol. The highest BCUT2D eigenvalue weighted by Gasteiger charge is 2.33. The molecule has 11 heteroatoms. The normalized spacial score (nSPS) is 12.1. The van der Waals surface area contributed by atoms with Gasteiger partial charge in [-0.1, -0.05) is 53.9 Å². The van der Waals surface area contributed by atoms with E-state index in [0.717, 1.165) is 15.4 Å². The molecule has 0 spiro atoms. The first kappa shape index (κ1) is 30.8. The van der Waals surface area contributed by atoms with Gasteiger partial charge in [0.1, 0.15) is 12.6 Å². The Balaban J connectivity index is 2.10. The molecule has 0 saturated heterocycles. The monoisotopic (exact) mass is 609 g/mol. The SMILES string of the molecule is CC[C@@H](C(=O)NC)N(Cc1ccc(Cl)cc1Cl)C(=O)CN(c1ccc(C)c(C)c1)S(=O)(=O)c1ccc(Cl)cc1. The van der Waals surface area contributed by atoms with Gasteiger partial charge in [-0.15, -0.1) is 0 Å². The highest BCUT2D eigenvalue weighted by molar-refractivity contribution is 7.92. The summed E-state index contributed by atoms with van der Waals surface area (Å²) in [5.41, 5.74) is 2.71. The molecular weight excluding hydrogens is 581 g/mol. The number of aryl methyl sites for hydroxylation is 2. The second kappa shape index (κ2) is 13.0. The fourth-order valence-corrected chi connectivity index (χ4v) is 6.06. The minimum atomic E-state index is -4.19. The molecule has 0 radical (unpaired) electrons. The molecule has 1 N–H and O–H groups in total. The third-order valence-electron chi connectivity index (χ3n) is 6.45. The summed E-state index contributed by atoms with van der Waals surface area (Å²) >= 11 is 18.4. The molecule has 0 heterocycles. The number of anilines is 1. The van der Waals surface area contributed by atoms with Crippen molar-refractivity contribution in [3.63, 3.8) is 0 Å². The lowest BCUT2D eigenvalue weighted by atomic mass is 10.1. The minimum absolute atomic E-state index is 0.0245. The highest BCUT2D eigenvalue weighted by Crippen LogP contribution is 2.28. The first-order valence-corrected chi connectivity index (χ1v) is 14.8. The molecule has 3 aromatic rings. The van der Waals surface area contributed by atoms with Crippen molar-refractivity contribution in [2.75, 3.05) is 17.9 Å². The number of amides is 2. The Morgan fingerprint density at radius 3 is 2.10 bits per heavy atom. The molecule has 0 aliphatic rings. The van der Waals surface area contributed by atoms with Crippen molar-refractivity contribution in [2.45, 2.75) is 44.7 Å². The topological polar surface area (TPSA) is 86.8 Å². The number of carbonyl (C=O) groups excluding carboxylic acids is 2. The van der Waals surface area contributed by atoms with E-state index in [2.05, 4.69) is 5.32 Å². The van der Waals surface area contributed by atoms with Crippen LogP contribution in [0.3, 0.4) is 0 Å². The van der Waals surface area contributed by atoms with Gasteiger partial charge in [0, 0.05) is 28.7 Å². The smallest absolute Gasteiger partial charge is 0.264 e. The summed E-state index contributed by atoms with van der Waals surface area (Å²) in [6.45, 7) is 4.97. The zero-order valence-corrected chi connectivity index (χ0v) is 25.1. The summed E-state index contributed by atoms with van der Waals surface area (Å²) in [6, 6.07) is 14.9. The summed E-state index contributed by atoms with van der Waals surface area (Å²) in [4.78, 5) is 28.1. The number of benzene rings is 3. The Kier molecular flexibility index (Phi) is 10.3. The number of hydrogen-bond acceptors (Lipinski definition) is 4.